The molecule has 0 aliphatic heterocycles. The van der Waals surface area contributed by atoms with Crippen molar-refractivity contribution in [3.63, 3.8) is 0 Å². The van der Waals surface area contributed by atoms with Crippen LogP contribution in [-0.2, 0) is 11.3 Å². The lowest BCUT2D eigenvalue weighted by atomic mass is 9.91. The van der Waals surface area contributed by atoms with Gasteiger partial charge in [0.25, 0.3) is 0 Å². The molecule has 1 aromatic rings. The first-order valence-corrected chi connectivity index (χ1v) is 7.44. The number of nitrogens with zero attached hydrogens (tertiary/aromatic N) is 2. The van der Waals surface area contributed by atoms with Gasteiger partial charge in [0.15, 0.2) is 5.84 Å². The molecule has 21 heavy (non-hydrogen) atoms. The standard InChI is InChI=1S/C16H25N3O2/c1-19(14-7-4-8-15(10-14)21-2)11-12-5-3-6-13(9-12)16(17)18-20/h3,5-6,9,14-15,20H,4,7-8,10-11H2,1-2H3,(H2,17,18). The third-order valence-electron chi connectivity index (χ3n) is 4.32. The van der Waals surface area contributed by atoms with Gasteiger partial charge in [0.2, 0.25) is 0 Å². The van der Waals surface area contributed by atoms with Gasteiger partial charge in [-0.05, 0) is 44.4 Å². The SMILES string of the molecule is COC1CCCC(N(C)Cc2cccc(C(N)=NO)c2)C1. The molecule has 0 radical (unpaired) electrons. The van der Waals surface area contributed by atoms with E-state index in [2.05, 4.69) is 23.2 Å². The third kappa shape index (κ3) is 4.19. The molecule has 0 heterocycles. The van der Waals surface area contributed by atoms with Crippen LogP contribution in [0.5, 0.6) is 0 Å². The number of hydrogen-bond acceptors (Lipinski definition) is 4. The fourth-order valence-electron chi connectivity index (χ4n) is 3.04. The fraction of sp³-hybridized carbons (Fsp3) is 0.562. The van der Waals surface area contributed by atoms with Crippen LogP contribution in [0, 0.1) is 0 Å². The molecule has 2 atom stereocenters. The lowest BCUT2D eigenvalue weighted by molar-refractivity contribution is 0.0328. The van der Waals surface area contributed by atoms with Crippen LogP contribution in [0.4, 0.5) is 0 Å². The summed E-state index contributed by atoms with van der Waals surface area (Å²) < 4.78 is 5.50. The van der Waals surface area contributed by atoms with Gasteiger partial charge < -0.3 is 15.7 Å². The van der Waals surface area contributed by atoms with Crippen molar-refractivity contribution in [2.75, 3.05) is 14.2 Å². The largest absolute Gasteiger partial charge is 0.409 e. The highest BCUT2D eigenvalue weighted by Crippen LogP contribution is 2.25. The van der Waals surface area contributed by atoms with Crippen molar-refractivity contribution >= 4 is 5.84 Å². The zero-order valence-electron chi connectivity index (χ0n) is 12.8. The molecule has 3 N–H and O–H groups in total. The Morgan fingerprint density at radius 2 is 2.29 bits per heavy atom. The van der Waals surface area contributed by atoms with Gasteiger partial charge in [-0.25, -0.2) is 0 Å². The van der Waals surface area contributed by atoms with E-state index in [4.69, 9.17) is 15.7 Å². The zero-order valence-corrected chi connectivity index (χ0v) is 12.8. The summed E-state index contributed by atoms with van der Waals surface area (Å²) in [7, 11) is 3.95. The molecule has 1 aliphatic rings. The Kier molecular flexibility index (Phi) is 5.59. The smallest absolute Gasteiger partial charge is 0.170 e. The minimum absolute atomic E-state index is 0.150. The Morgan fingerprint density at radius 3 is 3.00 bits per heavy atom. The lowest BCUT2D eigenvalue weighted by Gasteiger charge is -2.34. The van der Waals surface area contributed by atoms with Crippen LogP contribution >= 0.6 is 0 Å². The molecule has 5 nitrogen and oxygen atoms in total. The number of ether oxygens (including phenoxy) is 1. The van der Waals surface area contributed by atoms with Crippen LogP contribution in [0.3, 0.4) is 0 Å². The first-order chi connectivity index (χ1) is 10.1. The van der Waals surface area contributed by atoms with Gasteiger partial charge in [0.1, 0.15) is 0 Å². The Morgan fingerprint density at radius 1 is 1.48 bits per heavy atom. The molecule has 1 fully saturated rings. The van der Waals surface area contributed by atoms with E-state index >= 15 is 0 Å². The van der Waals surface area contributed by atoms with Crippen LogP contribution in [0.2, 0.25) is 0 Å². The molecule has 2 rings (SSSR count). The molecule has 1 saturated carbocycles. The normalized spacial score (nSPS) is 23.5. The Labute approximate surface area is 126 Å². The summed E-state index contributed by atoms with van der Waals surface area (Å²) in [6.45, 7) is 0.855. The Bertz CT molecular complexity index is 490. The van der Waals surface area contributed by atoms with E-state index < -0.39 is 0 Å². The first-order valence-electron chi connectivity index (χ1n) is 7.44. The topological polar surface area (TPSA) is 71.1 Å². The molecular weight excluding hydrogens is 266 g/mol. The number of methoxy groups -OCH3 is 1. The number of oxime groups is 1. The van der Waals surface area contributed by atoms with E-state index in [-0.39, 0.29) is 5.84 Å². The van der Waals surface area contributed by atoms with Crippen molar-refractivity contribution in [2.45, 2.75) is 44.4 Å². The molecule has 0 amide bonds. The summed E-state index contributed by atoms with van der Waals surface area (Å²) in [5.41, 5.74) is 7.56. The second-order valence-electron chi connectivity index (χ2n) is 5.78. The molecule has 116 valence electrons. The summed E-state index contributed by atoms with van der Waals surface area (Å²) in [6.07, 6.45) is 5.08. The highest BCUT2D eigenvalue weighted by atomic mass is 16.5. The maximum Gasteiger partial charge on any atom is 0.170 e. The van der Waals surface area contributed by atoms with Crippen molar-refractivity contribution in [1.29, 1.82) is 0 Å². The second-order valence-corrected chi connectivity index (χ2v) is 5.78. The van der Waals surface area contributed by atoms with Gasteiger partial charge in [-0.3, -0.25) is 4.90 Å². The quantitative estimate of drug-likeness (QED) is 0.377. The highest BCUT2D eigenvalue weighted by molar-refractivity contribution is 5.97. The zero-order chi connectivity index (χ0) is 15.2. The van der Waals surface area contributed by atoms with Crippen molar-refractivity contribution < 1.29 is 9.94 Å². The summed E-state index contributed by atoms with van der Waals surface area (Å²) in [4.78, 5) is 2.37. The van der Waals surface area contributed by atoms with Crippen molar-refractivity contribution in [3.05, 3.63) is 35.4 Å². The molecule has 2 unspecified atom stereocenters. The number of amidine groups is 1. The first kappa shape index (κ1) is 15.8. The summed E-state index contributed by atoms with van der Waals surface area (Å²) >= 11 is 0. The molecule has 0 saturated heterocycles. The number of rotatable bonds is 5. The summed E-state index contributed by atoms with van der Waals surface area (Å²) in [6, 6.07) is 8.38. The van der Waals surface area contributed by atoms with Gasteiger partial charge >= 0.3 is 0 Å². The average molecular weight is 291 g/mol. The van der Waals surface area contributed by atoms with Crippen molar-refractivity contribution in [3.8, 4) is 0 Å². The molecular formula is C16H25N3O2. The maximum absolute atomic E-state index is 8.76. The number of nitrogens with two attached hydrogens (primary N) is 1. The summed E-state index contributed by atoms with van der Waals surface area (Å²) in [5, 5.41) is 11.8. The van der Waals surface area contributed by atoms with Gasteiger partial charge in [-0.15, -0.1) is 0 Å². The van der Waals surface area contributed by atoms with E-state index in [9.17, 15) is 0 Å². The Balaban J connectivity index is 2.00. The molecule has 1 aliphatic carbocycles. The number of hydrogen-bond donors (Lipinski definition) is 2. The predicted octanol–water partition coefficient (Wildman–Crippen LogP) is 2.17. The van der Waals surface area contributed by atoms with Gasteiger partial charge in [0.05, 0.1) is 6.10 Å². The lowest BCUT2D eigenvalue weighted by Crippen LogP contribution is -2.37. The van der Waals surface area contributed by atoms with Crippen LogP contribution < -0.4 is 5.73 Å². The minimum Gasteiger partial charge on any atom is -0.409 e. The molecule has 1 aromatic carbocycles. The average Bonchev–Trinajstić information content (AvgIpc) is 2.54. The van der Waals surface area contributed by atoms with E-state index in [1.807, 2.05) is 18.2 Å². The fourth-order valence-corrected chi connectivity index (χ4v) is 3.04. The summed E-state index contributed by atoms with van der Waals surface area (Å²) in [5.74, 6) is 0.150. The predicted molar refractivity (Wildman–Crippen MR) is 83.5 cm³/mol. The van der Waals surface area contributed by atoms with Crippen LogP contribution in [0.15, 0.2) is 29.4 Å². The van der Waals surface area contributed by atoms with Crippen molar-refractivity contribution in [2.24, 2.45) is 10.9 Å². The second kappa shape index (κ2) is 7.43. The van der Waals surface area contributed by atoms with Gasteiger partial charge in [-0.1, -0.05) is 23.4 Å². The van der Waals surface area contributed by atoms with Crippen LogP contribution in [0.25, 0.3) is 0 Å². The van der Waals surface area contributed by atoms with E-state index in [1.165, 1.54) is 24.8 Å². The minimum atomic E-state index is 0.150. The van der Waals surface area contributed by atoms with Gasteiger partial charge in [-0.2, -0.15) is 0 Å². The monoisotopic (exact) mass is 291 g/mol. The third-order valence-corrected chi connectivity index (χ3v) is 4.32. The molecule has 0 bridgehead atoms. The van der Waals surface area contributed by atoms with Crippen molar-refractivity contribution in [1.82, 2.24) is 4.90 Å². The van der Waals surface area contributed by atoms with E-state index in [0.29, 0.717) is 12.1 Å². The van der Waals surface area contributed by atoms with Crippen LogP contribution in [0.1, 0.15) is 36.8 Å². The van der Waals surface area contributed by atoms with E-state index in [0.717, 1.165) is 18.5 Å². The van der Waals surface area contributed by atoms with Crippen LogP contribution in [-0.4, -0.2) is 42.2 Å². The number of benzene rings is 1. The maximum atomic E-state index is 8.76. The van der Waals surface area contributed by atoms with Gasteiger partial charge in [0, 0.05) is 25.3 Å². The Hall–Kier alpha value is -1.59. The van der Waals surface area contributed by atoms with E-state index in [1.54, 1.807) is 7.11 Å². The highest BCUT2D eigenvalue weighted by Gasteiger charge is 2.24. The molecule has 0 aromatic heterocycles. The molecule has 5 heteroatoms. The molecule has 0 spiro atoms.